The lowest BCUT2D eigenvalue weighted by Crippen LogP contribution is -2.30. The van der Waals surface area contributed by atoms with Crippen molar-refractivity contribution in [3.05, 3.63) is 77.9 Å². The maximum Gasteiger partial charge on any atom is 0.319 e. The standard InChI is InChI=1S/C27H26N6O2/c34-27(28-19-12-13-19)29-24-16-18(21-9-4-5-10-22(21)26-30-32-33-31-26)15-23-20(11-6-14-35-25(23)24)17-7-2-1-3-8-17/h1-5,7-10,15-16,19-20H,6,11-14H2,(H2,28,29,34)(H,30,31,32,33). The molecule has 8 nitrogen and oxygen atoms in total. The molecule has 0 radical (unpaired) electrons. The maximum absolute atomic E-state index is 12.8. The second kappa shape index (κ2) is 9.21. The van der Waals surface area contributed by atoms with E-state index in [4.69, 9.17) is 4.74 Å². The highest BCUT2D eigenvalue weighted by molar-refractivity contribution is 5.94. The third-order valence-corrected chi connectivity index (χ3v) is 6.58. The van der Waals surface area contributed by atoms with Crippen LogP contribution in [0.3, 0.4) is 0 Å². The first-order chi connectivity index (χ1) is 17.3. The van der Waals surface area contributed by atoms with E-state index < -0.39 is 0 Å². The molecule has 3 N–H and O–H groups in total. The Bertz CT molecular complexity index is 1340. The smallest absolute Gasteiger partial charge is 0.319 e. The molecule has 1 aromatic heterocycles. The molecule has 1 atom stereocenters. The Hall–Kier alpha value is -4.20. The van der Waals surface area contributed by atoms with E-state index in [1.165, 1.54) is 5.56 Å². The van der Waals surface area contributed by atoms with Gasteiger partial charge in [0.1, 0.15) is 5.75 Å². The second-order valence-electron chi connectivity index (χ2n) is 9.06. The number of tetrazole rings is 1. The molecular weight excluding hydrogens is 440 g/mol. The first-order valence-electron chi connectivity index (χ1n) is 12.0. The minimum Gasteiger partial charge on any atom is -0.491 e. The highest BCUT2D eigenvalue weighted by Gasteiger charge is 2.28. The Labute approximate surface area is 203 Å². The number of nitrogens with one attached hydrogen (secondary N) is 3. The number of anilines is 1. The molecule has 1 aliphatic carbocycles. The summed E-state index contributed by atoms with van der Waals surface area (Å²) in [4.78, 5) is 12.8. The summed E-state index contributed by atoms with van der Waals surface area (Å²) in [7, 11) is 0. The molecule has 1 saturated carbocycles. The molecule has 2 amide bonds. The van der Waals surface area contributed by atoms with Crippen molar-refractivity contribution in [2.75, 3.05) is 11.9 Å². The van der Waals surface area contributed by atoms with Crippen molar-refractivity contribution in [3.63, 3.8) is 0 Å². The summed E-state index contributed by atoms with van der Waals surface area (Å²) in [6.07, 6.45) is 3.94. The molecule has 3 aromatic carbocycles. The average Bonchev–Trinajstić information content (AvgIpc) is 3.58. The zero-order valence-corrected chi connectivity index (χ0v) is 19.2. The number of aromatic nitrogens is 4. The fourth-order valence-electron chi connectivity index (χ4n) is 4.75. The predicted octanol–water partition coefficient (Wildman–Crippen LogP) is 5.12. The highest BCUT2D eigenvalue weighted by Crippen LogP contribution is 2.45. The van der Waals surface area contributed by atoms with Crippen LogP contribution in [0.4, 0.5) is 10.5 Å². The zero-order chi connectivity index (χ0) is 23.6. The molecule has 0 bridgehead atoms. The van der Waals surface area contributed by atoms with E-state index in [2.05, 4.69) is 61.6 Å². The van der Waals surface area contributed by atoms with E-state index >= 15 is 0 Å². The van der Waals surface area contributed by atoms with E-state index in [0.29, 0.717) is 18.1 Å². The van der Waals surface area contributed by atoms with Gasteiger partial charge in [-0.15, -0.1) is 5.10 Å². The summed E-state index contributed by atoms with van der Waals surface area (Å²) in [6, 6.07) is 22.7. The van der Waals surface area contributed by atoms with Gasteiger partial charge >= 0.3 is 6.03 Å². The van der Waals surface area contributed by atoms with Gasteiger partial charge < -0.3 is 15.4 Å². The molecule has 1 fully saturated rings. The molecule has 4 aromatic rings. The number of carbonyl (C=O) groups is 1. The van der Waals surface area contributed by atoms with Gasteiger partial charge in [0.25, 0.3) is 0 Å². The minimum absolute atomic E-state index is 0.153. The fraction of sp³-hybridized carbons (Fsp3) is 0.259. The number of fused-ring (bicyclic) bond motifs is 1. The van der Waals surface area contributed by atoms with Crippen LogP contribution in [0.5, 0.6) is 5.75 Å². The molecule has 35 heavy (non-hydrogen) atoms. The average molecular weight is 467 g/mol. The van der Waals surface area contributed by atoms with Crippen molar-refractivity contribution in [3.8, 4) is 28.3 Å². The molecule has 1 aliphatic heterocycles. The molecule has 176 valence electrons. The topological polar surface area (TPSA) is 105 Å². The van der Waals surface area contributed by atoms with Crippen LogP contribution in [0, 0.1) is 0 Å². The lowest BCUT2D eigenvalue weighted by molar-refractivity contribution is 0.251. The molecule has 0 saturated heterocycles. The highest BCUT2D eigenvalue weighted by atomic mass is 16.5. The third kappa shape index (κ3) is 4.47. The van der Waals surface area contributed by atoms with Gasteiger partial charge in [-0.3, -0.25) is 0 Å². The molecule has 1 unspecified atom stereocenters. The van der Waals surface area contributed by atoms with Gasteiger partial charge in [0, 0.05) is 23.1 Å². The van der Waals surface area contributed by atoms with Crippen LogP contribution in [0.15, 0.2) is 66.7 Å². The third-order valence-electron chi connectivity index (χ3n) is 6.58. The van der Waals surface area contributed by atoms with Crippen LogP contribution in [-0.4, -0.2) is 39.3 Å². The SMILES string of the molecule is O=C(Nc1cc(-c2ccccc2-c2nnn[nH]2)cc2c1OCCCC2c1ccccc1)NC1CC1. The van der Waals surface area contributed by atoms with Gasteiger partial charge in [-0.1, -0.05) is 54.6 Å². The Morgan fingerprint density at radius 2 is 1.77 bits per heavy atom. The van der Waals surface area contributed by atoms with E-state index in [1.807, 2.05) is 36.4 Å². The van der Waals surface area contributed by atoms with E-state index in [1.54, 1.807) is 0 Å². The molecule has 6 rings (SSSR count). The number of benzene rings is 3. The Balaban J connectivity index is 1.51. The lowest BCUT2D eigenvalue weighted by atomic mass is 9.85. The number of ether oxygens (including phenoxy) is 1. The molecular formula is C27H26N6O2. The van der Waals surface area contributed by atoms with Crippen molar-refractivity contribution >= 4 is 11.7 Å². The number of urea groups is 1. The van der Waals surface area contributed by atoms with Crippen LogP contribution in [-0.2, 0) is 0 Å². The normalized spacial score (nSPS) is 17.1. The first kappa shape index (κ1) is 21.3. The number of rotatable bonds is 5. The summed E-state index contributed by atoms with van der Waals surface area (Å²) in [5.41, 5.74) is 5.79. The van der Waals surface area contributed by atoms with Crippen LogP contribution >= 0.6 is 0 Å². The summed E-state index contributed by atoms with van der Waals surface area (Å²) in [6.45, 7) is 0.606. The lowest BCUT2D eigenvalue weighted by Gasteiger charge is -2.22. The van der Waals surface area contributed by atoms with Crippen molar-refractivity contribution in [2.45, 2.75) is 37.6 Å². The van der Waals surface area contributed by atoms with E-state index in [0.717, 1.165) is 53.7 Å². The van der Waals surface area contributed by atoms with Crippen LogP contribution in [0.2, 0.25) is 0 Å². The molecule has 0 spiro atoms. The van der Waals surface area contributed by atoms with Crippen molar-refractivity contribution in [1.82, 2.24) is 25.9 Å². The van der Waals surface area contributed by atoms with E-state index in [-0.39, 0.29) is 18.0 Å². The minimum atomic E-state index is -0.205. The quantitative estimate of drug-likeness (QED) is 0.379. The van der Waals surface area contributed by atoms with Gasteiger partial charge in [0.2, 0.25) is 0 Å². The van der Waals surface area contributed by atoms with Gasteiger partial charge in [0.05, 0.1) is 12.3 Å². The first-order valence-corrected chi connectivity index (χ1v) is 12.0. The number of hydrogen-bond acceptors (Lipinski definition) is 5. The van der Waals surface area contributed by atoms with E-state index in [9.17, 15) is 4.79 Å². The molecule has 8 heteroatoms. The van der Waals surface area contributed by atoms with Crippen molar-refractivity contribution < 1.29 is 9.53 Å². The van der Waals surface area contributed by atoms with Gasteiger partial charge in [-0.25, -0.2) is 9.89 Å². The van der Waals surface area contributed by atoms with Crippen LogP contribution < -0.4 is 15.4 Å². The van der Waals surface area contributed by atoms with Crippen molar-refractivity contribution in [2.24, 2.45) is 0 Å². The Kier molecular flexibility index (Phi) is 5.62. The summed E-state index contributed by atoms with van der Waals surface area (Å²) < 4.78 is 6.27. The number of amides is 2. The maximum atomic E-state index is 12.8. The van der Waals surface area contributed by atoms with Crippen LogP contribution in [0.25, 0.3) is 22.5 Å². The largest absolute Gasteiger partial charge is 0.491 e. The number of aromatic amines is 1. The number of hydrogen-bond donors (Lipinski definition) is 3. The summed E-state index contributed by atoms with van der Waals surface area (Å²) in [5, 5.41) is 20.6. The number of carbonyl (C=O) groups excluding carboxylic acids is 1. The summed E-state index contributed by atoms with van der Waals surface area (Å²) >= 11 is 0. The second-order valence-corrected chi connectivity index (χ2v) is 9.06. The summed E-state index contributed by atoms with van der Waals surface area (Å²) in [5.74, 6) is 1.48. The zero-order valence-electron chi connectivity index (χ0n) is 19.2. The predicted molar refractivity (Wildman–Crippen MR) is 133 cm³/mol. The van der Waals surface area contributed by atoms with Gasteiger partial charge in [-0.2, -0.15) is 0 Å². The van der Waals surface area contributed by atoms with Crippen molar-refractivity contribution in [1.29, 1.82) is 0 Å². The van der Waals surface area contributed by atoms with Crippen LogP contribution in [0.1, 0.15) is 42.7 Å². The Morgan fingerprint density at radius 1 is 0.971 bits per heavy atom. The van der Waals surface area contributed by atoms with Gasteiger partial charge in [-0.05, 0) is 64.9 Å². The number of nitrogens with zero attached hydrogens (tertiary/aromatic N) is 3. The molecule has 2 aliphatic rings. The van der Waals surface area contributed by atoms with Gasteiger partial charge in [0.15, 0.2) is 5.82 Å². The number of H-pyrrole nitrogens is 1. The molecule has 2 heterocycles. The Morgan fingerprint density at radius 3 is 2.54 bits per heavy atom. The monoisotopic (exact) mass is 466 g/mol. The fourth-order valence-corrected chi connectivity index (χ4v) is 4.75.